The fraction of sp³-hybridized carbons (Fsp3) is 0.846. The minimum absolute atomic E-state index is 0.196. The number of hydrogen-bond donors (Lipinski definition) is 1. The highest BCUT2D eigenvalue weighted by atomic mass is 15.4. The first-order valence-corrected chi connectivity index (χ1v) is 6.57. The average molecular weight is 238 g/mol. The largest absolute Gasteiger partial charge is 0.312 e. The van der Waals surface area contributed by atoms with Crippen LogP contribution < -0.4 is 5.32 Å². The molecule has 0 bridgehead atoms. The van der Waals surface area contributed by atoms with Gasteiger partial charge in [0.1, 0.15) is 0 Å². The zero-order valence-electron chi connectivity index (χ0n) is 11.8. The zero-order chi connectivity index (χ0) is 12.9. The summed E-state index contributed by atoms with van der Waals surface area (Å²) in [6.07, 6.45) is 4.12. The summed E-state index contributed by atoms with van der Waals surface area (Å²) in [5.41, 5.74) is 1.45. The first-order valence-electron chi connectivity index (χ1n) is 6.57. The van der Waals surface area contributed by atoms with Crippen LogP contribution in [0.1, 0.15) is 59.1 Å². The molecule has 4 nitrogen and oxygen atoms in total. The van der Waals surface area contributed by atoms with Crippen molar-refractivity contribution in [3.8, 4) is 0 Å². The Morgan fingerprint density at radius 3 is 2.71 bits per heavy atom. The van der Waals surface area contributed by atoms with Gasteiger partial charge in [-0.3, -0.25) is 0 Å². The van der Waals surface area contributed by atoms with Gasteiger partial charge in [-0.2, -0.15) is 0 Å². The molecule has 0 aromatic carbocycles. The van der Waals surface area contributed by atoms with Crippen LogP contribution in [-0.4, -0.2) is 27.1 Å². The van der Waals surface area contributed by atoms with Crippen molar-refractivity contribution in [1.82, 2.24) is 20.3 Å². The summed E-state index contributed by atoms with van der Waals surface area (Å²) in [5, 5.41) is 11.7. The van der Waals surface area contributed by atoms with Crippen LogP contribution in [-0.2, 0) is 6.54 Å². The van der Waals surface area contributed by atoms with E-state index in [4.69, 9.17) is 0 Å². The van der Waals surface area contributed by atoms with E-state index in [1.165, 1.54) is 5.69 Å². The molecule has 1 aromatic heterocycles. The first kappa shape index (κ1) is 14.2. The molecule has 0 saturated heterocycles. The van der Waals surface area contributed by atoms with E-state index in [-0.39, 0.29) is 5.54 Å². The number of hydrogen-bond acceptors (Lipinski definition) is 3. The smallest absolute Gasteiger partial charge is 0.0727 e. The van der Waals surface area contributed by atoms with Crippen LogP contribution >= 0.6 is 0 Å². The average Bonchev–Trinajstić information content (AvgIpc) is 2.64. The van der Waals surface area contributed by atoms with Crippen molar-refractivity contribution in [2.24, 2.45) is 0 Å². The Labute approximate surface area is 105 Å². The summed E-state index contributed by atoms with van der Waals surface area (Å²) < 4.78 is 2.03. The molecule has 1 aromatic rings. The maximum Gasteiger partial charge on any atom is 0.0727 e. The van der Waals surface area contributed by atoms with Gasteiger partial charge in [-0.1, -0.05) is 19.1 Å². The number of rotatable bonds is 6. The molecule has 1 rings (SSSR count). The highest BCUT2D eigenvalue weighted by Crippen LogP contribution is 2.17. The monoisotopic (exact) mass is 238 g/mol. The standard InChI is InChI=1S/C13H26N4/c1-6-9-17-12(10-15-16-17)11(2)7-8-14-13(3,4)5/h10-11,14H,6-9H2,1-5H3. The van der Waals surface area contributed by atoms with Crippen molar-refractivity contribution in [2.75, 3.05) is 6.54 Å². The fourth-order valence-corrected chi connectivity index (χ4v) is 1.84. The van der Waals surface area contributed by atoms with E-state index in [0.717, 1.165) is 25.9 Å². The summed E-state index contributed by atoms with van der Waals surface area (Å²) in [6.45, 7) is 13.0. The molecule has 1 heterocycles. The van der Waals surface area contributed by atoms with Crippen LogP contribution in [0.25, 0.3) is 0 Å². The predicted octanol–water partition coefficient (Wildman–Crippen LogP) is 2.57. The molecule has 1 unspecified atom stereocenters. The van der Waals surface area contributed by atoms with Gasteiger partial charge in [-0.05, 0) is 40.2 Å². The number of aromatic nitrogens is 3. The summed E-state index contributed by atoms with van der Waals surface area (Å²) in [7, 11) is 0. The third kappa shape index (κ3) is 4.86. The Kier molecular flexibility index (Phi) is 5.12. The van der Waals surface area contributed by atoms with Gasteiger partial charge >= 0.3 is 0 Å². The second-order valence-corrected chi connectivity index (χ2v) is 5.75. The highest BCUT2D eigenvalue weighted by Gasteiger charge is 2.14. The Morgan fingerprint density at radius 2 is 2.12 bits per heavy atom. The molecule has 1 N–H and O–H groups in total. The van der Waals surface area contributed by atoms with E-state index in [2.05, 4.69) is 50.2 Å². The Morgan fingerprint density at radius 1 is 1.41 bits per heavy atom. The van der Waals surface area contributed by atoms with Crippen molar-refractivity contribution < 1.29 is 0 Å². The van der Waals surface area contributed by atoms with Crippen LogP contribution in [0, 0.1) is 0 Å². The lowest BCUT2D eigenvalue weighted by Crippen LogP contribution is -2.36. The quantitative estimate of drug-likeness (QED) is 0.828. The Balaban J connectivity index is 2.46. The van der Waals surface area contributed by atoms with E-state index in [0.29, 0.717) is 5.92 Å². The zero-order valence-corrected chi connectivity index (χ0v) is 11.8. The van der Waals surface area contributed by atoms with Gasteiger partial charge in [0, 0.05) is 18.0 Å². The molecule has 98 valence electrons. The van der Waals surface area contributed by atoms with Crippen molar-refractivity contribution >= 4 is 0 Å². The lowest BCUT2D eigenvalue weighted by Gasteiger charge is -2.22. The van der Waals surface area contributed by atoms with Crippen LogP contribution in [0.3, 0.4) is 0 Å². The van der Waals surface area contributed by atoms with E-state index >= 15 is 0 Å². The van der Waals surface area contributed by atoms with E-state index in [1.54, 1.807) is 0 Å². The summed E-state index contributed by atoms with van der Waals surface area (Å²) >= 11 is 0. The van der Waals surface area contributed by atoms with E-state index in [9.17, 15) is 0 Å². The van der Waals surface area contributed by atoms with Gasteiger partial charge in [0.15, 0.2) is 0 Å². The van der Waals surface area contributed by atoms with E-state index in [1.807, 2.05) is 10.9 Å². The van der Waals surface area contributed by atoms with Crippen LogP contribution in [0.15, 0.2) is 6.20 Å². The van der Waals surface area contributed by atoms with E-state index < -0.39 is 0 Å². The minimum Gasteiger partial charge on any atom is -0.312 e. The van der Waals surface area contributed by atoms with Gasteiger partial charge in [0.05, 0.1) is 11.9 Å². The second kappa shape index (κ2) is 6.15. The molecule has 0 aliphatic rings. The third-order valence-electron chi connectivity index (χ3n) is 2.82. The van der Waals surface area contributed by atoms with Crippen molar-refractivity contribution in [1.29, 1.82) is 0 Å². The topological polar surface area (TPSA) is 42.7 Å². The second-order valence-electron chi connectivity index (χ2n) is 5.75. The maximum atomic E-state index is 4.13. The lowest BCUT2D eigenvalue weighted by atomic mass is 10.0. The molecule has 0 aliphatic heterocycles. The summed E-state index contributed by atoms with van der Waals surface area (Å²) in [5.74, 6) is 0.506. The first-order chi connectivity index (χ1) is 7.94. The number of nitrogens with one attached hydrogen (secondary N) is 1. The molecular formula is C13H26N4. The predicted molar refractivity (Wildman–Crippen MR) is 71.1 cm³/mol. The Bertz CT molecular complexity index is 324. The molecule has 1 atom stereocenters. The SMILES string of the molecule is CCCn1nncc1C(C)CCNC(C)(C)C. The van der Waals surface area contributed by atoms with Crippen LogP contribution in [0.5, 0.6) is 0 Å². The Hall–Kier alpha value is -0.900. The fourth-order valence-electron chi connectivity index (χ4n) is 1.84. The molecule has 0 fully saturated rings. The maximum absolute atomic E-state index is 4.13. The van der Waals surface area contributed by atoms with Crippen molar-refractivity contribution in [2.45, 2.75) is 65.5 Å². The van der Waals surface area contributed by atoms with Gasteiger partial charge in [-0.15, -0.1) is 5.10 Å². The third-order valence-corrected chi connectivity index (χ3v) is 2.82. The van der Waals surface area contributed by atoms with Gasteiger partial charge < -0.3 is 5.32 Å². The molecular weight excluding hydrogens is 212 g/mol. The molecule has 17 heavy (non-hydrogen) atoms. The molecule has 0 spiro atoms. The molecule has 0 amide bonds. The number of aryl methyl sites for hydroxylation is 1. The summed E-state index contributed by atoms with van der Waals surface area (Å²) in [4.78, 5) is 0. The van der Waals surface area contributed by atoms with Crippen LogP contribution in [0.2, 0.25) is 0 Å². The molecule has 4 heteroatoms. The van der Waals surface area contributed by atoms with Crippen molar-refractivity contribution in [3.05, 3.63) is 11.9 Å². The minimum atomic E-state index is 0.196. The molecule has 0 saturated carbocycles. The highest BCUT2D eigenvalue weighted by molar-refractivity contribution is 5.01. The number of nitrogens with zero attached hydrogens (tertiary/aromatic N) is 3. The molecule has 0 aliphatic carbocycles. The lowest BCUT2D eigenvalue weighted by molar-refractivity contribution is 0.408. The van der Waals surface area contributed by atoms with Gasteiger partial charge in [0.2, 0.25) is 0 Å². The normalized spacial score (nSPS) is 13.9. The van der Waals surface area contributed by atoms with Gasteiger partial charge in [0.25, 0.3) is 0 Å². The molecule has 0 radical (unpaired) electrons. The van der Waals surface area contributed by atoms with Crippen LogP contribution in [0.4, 0.5) is 0 Å². The van der Waals surface area contributed by atoms with Gasteiger partial charge in [-0.25, -0.2) is 4.68 Å². The van der Waals surface area contributed by atoms with Crippen molar-refractivity contribution in [3.63, 3.8) is 0 Å². The summed E-state index contributed by atoms with van der Waals surface area (Å²) in [6, 6.07) is 0.